The summed E-state index contributed by atoms with van der Waals surface area (Å²) in [7, 11) is 0. The Balaban J connectivity index is 2.53. The van der Waals surface area contributed by atoms with Crippen LogP contribution in [-0.2, 0) is 5.75 Å². The number of hydrogen-bond donors (Lipinski definition) is 2. The van der Waals surface area contributed by atoms with Crippen molar-refractivity contribution in [1.82, 2.24) is 0 Å². The average molecular weight is 224 g/mol. The van der Waals surface area contributed by atoms with Gasteiger partial charge in [-0.3, -0.25) is 4.79 Å². The molecule has 3 nitrogen and oxygen atoms in total. The molecule has 82 valence electrons. The second kappa shape index (κ2) is 5.78. The molecule has 1 aromatic rings. The van der Waals surface area contributed by atoms with Gasteiger partial charge < -0.3 is 11.5 Å². The standard InChI is InChI=1S/C11H16N2OS/c1-8(6-12)15-7-9-2-4-10(5-3-9)11(13)14/h2-5,8H,6-7,12H2,1H3,(H2,13,14). The molecule has 15 heavy (non-hydrogen) atoms. The third-order valence-corrected chi connectivity index (χ3v) is 3.37. The lowest BCUT2D eigenvalue weighted by Gasteiger charge is -2.07. The highest BCUT2D eigenvalue weighted by molar-refractivity contribution is 7.99. The summed E-state index contributed by atoms with van der Waals surface area (Å²) in [4.78, 5) is 10.8. The van der Waals surface area contributed by atoms with Gasteiger partial charge in [-0.05, 0) is 17.7 Å². The average Bonchev–Trinajstić information content (AvgIpc) is 2.26. The minimum Gasteiger partial charge on any atom is -0.366 e. The number of benzene rings is 1. The molecule has 0 saturated heterocycles. The van der Waals surface area contributed by atoms with Gasteiger partial charge in [0, 0.05) is 23.1 Å². The molecule has 1 rings (SSSR count). The Hall–Kier alpha value is -1.00. The maximum absolute atomic E-state index is 10.8. The van der Waals surface area contributed by atoms with Crippen molar-refractivity contribution >= 4 is 17.7 Å². The Kier molecular flexibility index (Phi) is 4.65. The van der Waals surface area contributed by atoms with Crippen LogP contribution in [0.2, 0.25) is 0 Å². The SMILES string of the molecule is CC(CN)SCc1ccc(C(N)=O)cc1. The molecule has 0 saturated carbocycles. The predicted octanol–water partition coefficient (Wildman–Crippen LogP) is 1.37. The van der Waals surface area contributed by atoms with E-state index in [9.17, 15) is 4.79 Å². The zero-order chi connectivity index (χ0) is 11.3. The predicted molar refractivity (Wildman–Crippen MR) is 64.8 cm³/mol. The van der Waals surface area contributed by atoms with E-state index < -0.39 is 0 Å². The van der Waals surface area contributed by atoms with Gasteiger partial charge >= 0.3 is 0 Å². The third kappa shape index (κ3) is 3.93. The number of amides is 1. The van der Waals surface area contributed by atoms with Crippen LogP contribution >= 0.6 is 11.8 Å². The first-order chi connectivity index (χ1) is 7.13. The minimum atomic E-state index is -0.385. The van der Waals surface area contributed by atoms with E-state index in [1.165, 1.54) is 5.56 Å². The van der Waals surface area contributed by atoms with Crippen molar-refractivity contribution in [1.29, 1.82) is 0 Å². The molecular weight excluding hydrogens is 208 g/mol. The molecule has 0 spiro atoms. The van der Waals surface area contributed by atoms with Crippen LogP contribution in [0.15, 0.2) is 24.3 Å². The van der Waals surface area contributed by atoms with Gasteiger partial charge in [-0.1, -0.05) is 19.1 Å². The van der Waals surface area contributed by atoms with Gasteiger partial charge in [0.15, 0.2) is 0 Å². The van der Waals surface area contributed by atoms with Crippen LogP contribution < -0.4 is 11.5 Å². The van der Waals surface area contributed by atoms with Crippen molar-refractivity contribution in [3.8, 4) is 0 Å². The van der Waals surface area contributed by atoms with Crippen LogP contribution in [0.3, 0.4) is 0 Å². The summed E-state index contributed by atoms with van der Waals surface area (Å²) >= 11 is 1.80. The summed E-state index contributed by atoms with van der Waals surface area (Å²) in [6.45, 7) is 2.78. The first kappa shape index (κ1) is 12.1. The fraction of sp³-hybridized carbons (Fsp3) is 0.364. The maximum atomic E-state index is 10.8. The Morgan fingerprint density at radius 2 is 2.00 bits per heavy atom. The van der Waals surface area contributed by atoms with Crippen molar-refractivity contribution in [2.24, 2.45) is 11.5 Å². The Morgan fingerprint density at radius 1 is 1.40 bits per heavy atom. The van der Waals surface area contributed by atoms with E-state index in [1.807, 2.05) is 12.1 Å². The molecule has 1 atom stereocenters. The largest absolute Gasteiger partial charge is 0.366 e. The highest BCUT2D eigenvalue weighted by Crippen LogP contribution is 2.17. The van der Waals surface area contributed by atoms with Crippen LogP contribution in [0.1, 0.15) is 22.8 Å². The molecule has 0 aliphatic heterocycles. The molecule has 4 heteroatoms. The summed E-state index contributed by atoms with van der Waals surface area (Å²) in [6.07, 6.45) is 0. The van der Waals surface area contributed by atoms with Crippen LogP contribution in [0.4, 0.5) is 0 Å². The summed E-state index contributed by atoms with van der Waals surface area (Å²) in [6, 6.07) is 7.36. The lowest BCUT2D eigenvalue weighted by atomic mass is 10.1. The summed E-state index contributed by atoms with van der Waals surface area (Å²) < 4.78 is 0. The van der Waals surface area contributed by atoms with E-state index in [4.69, 9.17) is 11.5 Å². The van der Waals surface area contributed by atoms with Crippen LogP contribution in [0.25, 0.3) is 0 Å². The van der Waals surface area contributed by atoms with Gasteiger partial charge in [-0.25, -0.2) is 0 Å². The van der Waals surface area contributed by atoms with E-state index in [0.29, 0.717) is 17.4 Å². The first-order valence-corrected chi connectivity index (χ1v) is 5.88. The van der Waals surface area contributed by atoms with Crippen LogP contribution in [0, 0.1) is 0 Å². The number of thioether (sulfide) groups is 1. The molecule has 0 radical (unpaired) electrons. The number of rotatable bonds is 5. The highest BCUT2D eigenvalue weighted by atomic mass is 32.2. The van der Waals surface area contributed by atoms with Gasteiger partial charge in [0.1, 0.15) is 0 Å². The molecular formula is C11H16N2OS. The second-order valence-corrected chi connectivity index (χ2v) is 4.85. The monoisotopic (exact) mass is 224 g/mol. The number of nitrogens with two attached hydrogens (primary N) is 2. The third-order valence-electron chi connectivity index (χ3n) is 2.10. The zero-order valence-corrected chi connectivity index (χ0v) is 9.59. The molecule has 4 N–H and O–H groups in total. The normalized spacial score (nSPS) is 12.4. The topological polar surface area (TPSA) is 69.1 Å². The molecule has 0 heterocycles. The fourth-order valence-electron chi connectivity index (χ4n) is 1.07. The van der Waals surface area contributed by atoms with Crippen LogP contribution in [-0.4, -0.2) is 17.7 Å². The Morgan fingerprint density at radius 3 is 2.47 bits per heavy atom. The molecule has 0 fully saturated rings. The highest BCUT2D eigenvalue weighted by Gasteiger charge is 2.02. The smallest absolute Gasteiger partial charge is 0.248 e. The van der Waals surface area contributed by atoms with Gasteiger partial charge in [0.25, 0.3) is 0 Å². The van der Waals surface area contributed by atoms with E-state index >= 15 is 0 Å². The molecule has 0 bridgehead atoms. The molecule has 0 aliphatic carbocycles. The second-order valence-electron chi connectivity index (χ2n) is 3.42. The van der Waals surface area contributed by atoms with E-state index in [0.717, 1.165) is 5.75 Å². The molecule has 0 aromatic heterocycles. The molecule has 1 aromatic carbocycles. The van der Waals surface area contributed by atoms with Gasteiger partial charge in [-0.15, -0.1) is 0 Å². The van der Waals surface area contributed by atoms with E-state index in [1.54, 1.807) is 23.9 Å². The minimum absolute atomic E-state index is 0.385. The summed E-state index contributed by atoms with van der Waals surface area (Å²) in [5.41, 5.74) is 12.4. The van der Waals surface area contributed by atoms with Crippen molar-refractivity contribution in [2.45, 2.75) is 17.9 Å². The Bertz CT molecular complexity index is 324. The number of primary amides is 1. The van der Waals surface area contributed by atoms with Gasteiger partial charge in [0.05, 0.1) is 0 Å². The van der Waals surface area contributed by atoms with Crippen molar-refractivity contribution in [3.63, 3.8) is 0 Å². The number of carbonyl (C=O) groups is 1. The zero-order valence-electron chi connectivity index (χ0n) is 8.77. The summed E-state index contributed by atoms with van der Waals surface area (Å²) in [5.74, 6) is 0.529. The molecule has 1 unspecified atom stereocenters. The lowest BCUT2D eigenvalue weighted by Crippen LogP contribution is -2.12. The van der Waals surface area contributed by atoms with E-state index in [-0.39, 0.29) is 5.91 Å². The number of hydrogen-bond acceptors (Lipinski definition) is 3. The van der Waals surface area contributed by atoms with Gasteiger partial charge in [0.2, 0.25) is 5.91 Å². The fourth-order valence-corrected chi connectivity index (χ4v) is 1.88. The van der Waals surface area contributed by atoms with E-state index in [2.05, 4.69) is 6.92 Å². The maximum Gasteiger partial charge on any atom is 0.248 e. The molecule has 0 aliphatic rings. The Labute approximate surface area is 94.2 Å². The van der Waals surface area contributed by atoms with Crippen molar-refractivity contribution < 1.29 is 4.79 Å². The number of carbonyl (C=O) groups excluding carboxylic acids is 1. The van der Waals surface area contributed by atoms with Crippen LogP contribution in [0.5, 0.6) is 0 Å². The lowest BCUT2D eigenvalue weighted by molar-refractivity contribution is 0.100. The van der Waals surface area contributed by atoms with Crippen molar-refractivity contribution in [2.75, 3.05) is 6.54 Å². The van der Waals surface area contributed by atoms with Gasteiger partial charge in [-0.2, -0.15) is 11.8 Å². The first-order valence-electron chi connectivity index (χ1n) is 4.84. The van der Waals surface area contributed by atoms with Crippen molar-refractivity contribution in [3.05, 3.63) is 35.4 Å². The molecule has 1 amide bonds. The quantitative estimate of drug-likeness (QED) is 0.793. The summed E-state index contributed by atoms with van der Waals surface area (Å²) in [5, 5.41) is 0.459.